The normalized spacial score (nSPS) is 16.5. The zero-order valence-corrected chi connectivity index (χ0v) is 11.8. The molecule has 0 saturated carbocycles. The molecule has 1 unspecified atom stereocenters. The first-order valence-electron chi connectivity index (χ1n) is 6.39. The minimum absolute atomic E-state index is 0.164. The molecule has 0 fully saturated rings. The highest BCUT2D eigenvalue weighted by molar-refractivity contribution is 5.27. The van der Waals surface area contributed by atoms with Gasteiger partial charge in [0.2, 0.25) is 0 Å². The molecule has 1 nitrogen and oxygen atoms in total. The van der Waals surface area contributed by atoms with Crippen LogP contribution in [-0.2, 0) is 12.0 Å². The molecule has 0 aliphatic rings. The van der Waals surface area contributed by atoms with Gasteiger partial charge in [-0.15, -0.1) is 0 Å². The summed E-state index contributed by atoms with van der Waals surface area (Å²) in [5.74, 6) is -11.7. The average molecular weight is 332 g/mol. The van der Waals surface area contributed by atoms with Crippen LogP contribution >= 0.6 is 0 Å². The first-order chi connectivity index (χ1) is 9.74. The highest BCUT2D eigenvalue weighted by atomic mass is 19.4. The minimum Gasteiger partial charge on any atom is -0.385 e. The van der Waals surface area contributed by atoms with Crippen molar-refractivity contribution in [3.05, 3.63) is 35.4 Å². The second-order valence-electron chi connectivity index (χ2n) is 5.28. The highest BCUT2D eigenvalue weighted by Gasteiger charge is 2.73. The number of aryl methyl sites for hydroxylation is 1. The molecule has 0 heterocycles. The van der Waals surface area contributed by atoms with E-state index in [-0.39, 0.29) is 5.56 Å². The summed E-state index contributed by atoms with van der Waals surface area (Å²) in [6.07, 6.45) is -7.85. The Morgan fingerprint density at radius 1 is 0.909 bits per heavy atom. The molecule has 1 atom stereocenters. The summed E-state index contributed by atoms with van der Waals surface area (Å²) in [5.41, 5.74) is -1.90. The molecule has 1 rings (SSSR count). The van der Waals surface area contributed by atoms with Crippen molar-refractivity contribution >= 4 is 0 Å². The van der Waals surface area contributed by atoms with Gasteiger partial charge in [0.1, 0.15) is 0 Å². The fourth-order valence-electron chi connectivity index (χ4n) is 1.95. The molecule has 0 spiro atoms. The van der Waals surface area contributed by atoms with E-state index in [1.165, 1.54) is 24.3 Å². The Hall–Kier alpha value is -1.31. The largest absolute Gasteiger partial charge is 0.459 e. The van der Waals surface area contributed by atoms with Crippen molar-refractivity contribution in [3.63, 3.8) is 0 Å². The van der Waals surface area contributed by atoms with Crippen LogP contribution in [0.15, 0.2) is 24.3 Å². The number of benzene rings is 1. The van der Waals surface area contributed by atoms with Crippen molar-refractivity contribution in [2.24, 2.45) is 0 Å². The fourth-order valence-corrected chi connectivity index (χ4v) is 1.95. The second kappa shape index (κ2) is 5.72. The maximum Gasteiger partial charge on any atom is 0.459 e. The molecule has 0 radical (unpaired) electrons. The van der Waals surface area contributed by atoms with E-state index >= 15 is 0 Å². The number of aliphatic hydroxyl groups is 1. The van der Waals surface area contributed by atoms with Gasteiger partial charge in [0.25, 0.3) is 0 Å². The van der Waals surface area contributed by atoms with E-state index in [0.29, 0.717) is 6.42 Å². The first-order valence-corrected chi connectivity index (χ1v) is 6.39. The zero-order chi connectivity index (χ0) is 17.4. The lowest BCUT2D eigenvalue weighted by Gasteiger charge is -2.34. The SMILES string of the molecule is CCc1ccc(C(C)(O)CC(F)(F)C(F)(F)C(F)(F)F)cc1. The lowest BCUT2D eigenvalue weighted by molar-refractivity contribution is -0.361. The van der Waals surface area contributed by atoms with Crippen molar-refractivity contribution in [2.75, 3.05) is 0 Å². The summed E-state index contributed by atoms with van der Waals surface area (Å²) in [4.78, 5) is 0. The van der Waals surface area contributed by atoms with Crippen molar-refractivity contribution in [2.45, 2.75) is 50.3 Å². The molecule has 1 N–H and O–H groups in total. The zero-order valence-electron chi connectivity index (χ0n) is 11.8. The third-order valence-corrected chi connectivity index (χ3v) is 3.37. The molecule has 0 saturated heterocycles. The van der Waals surface area contributed by atoms with E-state index < -0.39 is 30.0 Å². The van der Waals surface area contributed by atoms with Crippen LogP contribution in [0.4, 0.5) is 30.7 Å². The third kappa shape index (κ3) is 3.53. The molecular formula is C14H15F7O. The van der Waals surface area contributed by atoms with E-state index in [1.54, 1.807) is 0 Å². The van der Waals surface area contributed by atoms with Gasteiger partial charge in [-0.05, 0) is 24.5 Å². The number of rotatable bonds is 5. The molecule has 0 aliphatic heterocycles. The van der Waals surface area contributed by atoms with E-state index in [1.807, 2.05) is 6.92 Å². The van der Waals surface area contributed by atoms with Crippen molar-refractivity contribution in [3.8, 4) is 0 Å². The van der Waals surface area contributed by atoms with Crippen LogP contribution in [0.1, 0.15) is 31.4 Å². The van der Waals surface area contributed by atoms with Gasteiger partial charge in [-0.25, -0.2) is 0 Å². The fraction of sp³-hybridized carbons (Fsp3) is 0.571. The van der Waals surface area contributed by atoms with Crippen molar-refractivity contribution in [1.29, 1.82) is 0 Å². The number of halogens is 7. The van der Waals surface area contributed by atoms with Crippen molar-refractivity contribution in [1.82, 2.24) is 0 Å². The Balaban J connectivity index is 3.08. The monoisotopic (exact) mass is 332 g/mol. The Kier molecular flexibility index (Phi) is 4.87. The molecule has 1 aromatic carbocycles. The van der Waals surface area contributed by atoms with Gasteiger partial charge in [-0.2, -0.15) is 30.7 Å². The molecule has 126 valence electrons. The average Bonchev–Trinajstić information content (AvgIpc) is 2.36. The quantitative estimate of drug-likeness (QED) is 0.776. The Bertz CT molecular complexity index is 503. The molecule has 1 aromatic rings. The molecular weight excluding hydrogens is 317 g/mol. The Labute approximate surface area is 122 Å². The van der Waals surface area contributed by atoms with Crippen LogP contribution < -0.4 is 0 Å². The van der Waals surface area contributed by atoms with Gasteiger partial charge in [-0.1, -0.05) is 31.2 Å². The van der Waals surface area contributed by atoms with Crippen LogP contribution in [-0.4, -0.2) is 23.1 Å². The van der Waals surface area contributed by atoms with Crippen LogP contribution in [0, 0.1) is 0 Å². The van der Waals surface area contributed by atoms with Crippen molar-refractivity contribution < 1.29 is 35.8 Å². The second-order valence-corrected chi connectivity index (χ2v) is 5.28. The van der Waals surface area contributed by atoms with Gasteiger partial charge in [0, 0.05) is 0 Å². The standard InChI is InChI=1S/C14H15F7O/c1-3-9-4-6-10(7-5-9)11(2,22)8-12(15,16)13(17,18)14(19,20)21/h4-7,22H,3,8H2,1-2H3. The maximum absolute atomic E-state index is 13.4. The van der Waals surface area contributed by atoms with Crippen LogP contribution in [0.5, 0.6) is 0 Å². The molecule has 0 aromatic heterocycles. The predicted molar refractivity (Wildman–Crippen MR) is 66.0 cm³/mol. The van der Waals surface area contributed by atoms with Crippen LogP contribution in [0.3, 0.4) is 0 Å². The first kappa shape index (κ1) is 18.7. The van der Waals surface area contributed by atoms with Crippen LogP contribution in [0.25, 0.3) is 0 Å². The number of hydrogen-bond donors (Lipinski definition) is 1. The summed E-state index contributed by atoms with van der Waals surface area (Å²) >= 11 is 0. The third-order valence-electron chi connectivity index (χ3n) is 3.37. The Morgan fingerprint density at radius 3 is 1.73 bits per heavy atom. The molecule has 0 amide bonds. The topological polar surface area (TPSA) is 20.2 Å². The smallest absolute Gasteiger partial charge is 0.385 e. The highest BCUT2D eigenvalue weighted by Crippen LogP contribution is 2.50. The summed E-state index contributed by atoms with van der Waals surface area (Å²) in [6.45, 7) is 2.58. The maximum atomic E-state index is 13.4. The molecule has 8 heteroatoms. The van der Waals surface area contributed by atoms with Gasteiger partial charge in [0.15, 0.2) is 0 Å². The summed E-state index contributed by atoms with van der Waals surface area (Å²) < 4.78 is 88.8. The summed E-state index contributed by atoms with van der Waals surface area (Å²) in [7, 11) is 0. The summed E-state index contributed by atoms with van der Waals surface area (Å²) in [5, 5.41) is 9.93. The predicted octanol–water partition coefficient (Wildman–Crippen LogP) is 4.68. The lowest BCUT2D eigenvalue weighted by atomic mass is 9.87. The van der Waals surface area contributed by atoms with E-state index in [4.69, 9.17) is 0 Å². The van der Waals surface area contributed by atoms with Crippen LogP contribution in [0.2, 0.25) is 0 Å². The van der Waals surface area contributed by atoms with Gasteiger partial charge >= 0.3 is 18.0 Å². The van der Waals surface area contributed by atoms with Gasteiger partial charge in [0.05, 0.1) is 12.0 Å². The Morgan fingerprint density at radius 2 is 1.36 bits per heavy atom. The minimum atomic E-state index is -6.40. The summed E-state index contributed by atoms with van der Waals surface area (Å²) in [6, 6.07) is 5.40. The van der Waals surface area contributed by atoms with E-state index in [2.05, 4.69) is 0 Å². The van der Waals surface area contributed by atoms with E-state index in [9.17, 15) is 35.8 Å². The molecule has 0 bridgehead atoms. The number of alkyl halides is 7. The lowest BCUT2D eigenvalue weighted by Crippen LogP contribution is -2.54. The molecule has 22 heavy (non-hydrogen) atoms. The van der Waals surface area contributed by atoms with Gasteiger partial charge < -0.3 is 5.11 Å². The number of hydrogen-bond acceptors (Lipinski definition) is 1. The van der Waals surface area contributed by atoms with E-state index in [0.717, 1.165) is 12.5 Å². The van der Waals surface area contributed by atoms with Gasteiger partial charge in [-0.3, -0.25) is 0 Å². The molecule has 0 aliphatic carbocycles.